The Morgan fingerprint density at radius 3 is 3.07 bits per heavy atom. The lowest BCUT2D eigenvalue weighted by molar-refractivity contribution is -0.117. The minimum Gasteiger partial charge on any atom is -0.378 e. The Labute approximate surface area is 84.8 Å². The zero-order valence-corrected chi connectivity index (χ0v) is 8.45. The van der Waals surface area contributed by atoms with Gasteiger partial charge in [-0.1, -0.05) is 0 Å². The van der Waals surface area contributed by atoms with Crippen molar-refractivity contribution < 1.29 is 9.53 Å². The molecule has 1 radical (unpaired) electrons. The van der Waals surface area contributed by atoms with Crippen LogP contribution < -0.4 is 0 Å². The van der Waals surface area contributed by atoms with E-state index < -0.39 is 0 Å². The standard InChI is InChI=1S/C10H17N2O2/c1-9(13)6-11-2-3-12-4-5-14-8-10(12)7-11/h10H,1-8H2. The summed E-state index contributed by atoms with van der Waals surface area (Å²) >= 11 is 0. The van der Waals surface area contributed by atoms with Gasteiger partial charge in [0, 0.05) is 39.1 Å². The van der Waals surface area contributed by atoms with Crippen LogP contribution in [0.25, 0.3) is 0 Å². The molecule has 0 N–H and O–H groups in total. The molecule has 2 saturated heterocycles. The minimum atomic E-state index is 0.00942. The van der Waals surface area contributed by atoms with Crippen LogP contribution in [0.3, 0.4) is 0 Å². The molecule has 0 amide bonds. The molecule has 2 aliphatic rings. The molecule has 2 rings (SSSR count). The molecule has 79 valence electrons. The normalized spacial score (nSPS) is 29.9. The first kappa shape index (κ1) is 10.1. The molecule has 0 aromatic rings. The molecule has 2 aliphatic heterocycles. The van der Waals surface area contributed by atoms with Gasteiger partial charge in [0.1, 0.15) is 5.78 Å². The van der Waals surface area contributed by atoms with Crippen LogP contribution in [-0.4, -0.2) is 67.6 Å². The van der Waals surface area contributed by atoms with E-state index in [1.807, 2.05) is 0 Å². The summed E-state index contributed by atoms with van der Waals surface area (Å²) in [6, 6.07) is 0.483. The average Bonchev–Trinajstić information content (AvgIpc) is 2.17. The van der Waals surface area contributed by atoms with Crippen LogP contribution in [0.1, 0.15) is 0 Å². The summed E-state index contributed by atoms with van der Waals surface area (Å²) in [5.41, 5.74) is 0. The number of hydrogen-bond acceptors (Lipinski definition) is 4. The molecule has 0 aromatic heterocycles. The highest BCUT2D eigenvalue weighted by Crippen LogP contribution is 2.13. The van der Waals surface area contributed by atoms with E-state index in [0.29, 0.717) is 12.6 Å². The number of nitrogens with zero attached hydrogens (tertiary/aromatic N) is 2. The van der Waals surface area contributed by atoms with E-state index in [9.17, 15) is 4.79 Å². The van der Waals surface area contributed by atoms with Crippen LogP contribution in [0.2, 0.25) is 0 Å². The highest BCUT2D eigenvalue weighted by Gasteiger charge is 2.29. The Kier molecular flexibility index (Phi) is 3.15. The minimum absolute atomic E-state index is 0.00942. The smallest absolute Gasteiger partial charge is 0.147 e. The first-order chi connectivity index (χ1) is 6.75. The lowest BCUT2D eigenvalue weighted by Gasteiger charge is -2.43. The van der Waals surface area contributed by atoms with Gasteiger partial charge in [-0.05, 0) is 0 Å². The second kappa shape index (κ2) is 4.38. The zero-order valence-electron chi connectivity index (χ0n) is 8.45. The summed E-state index contributed by atoms with van der Waals surface area (Å²) in [5.74, 6) is 0.00942. The maximum Gasteiger partial charge on any atom is 0.147 e. The lowest BCUT2D eigenvalue weighted by Crippen LogP contribution is -2.58. The molecule has 2 heterocycles. The second-order valence-electron chi connectivity index (χ2n) is 4.04. The van der Waals surface area contributed by atoms with E-state index in [0.717, 1.165) is 39.4 Å². The third kappa shape index (κ3) is 2.32. The number of morpholine rings is 1. The Bertz CT molecular complexity index is 220. The van der Waals surface area contributed by atoms with Gasteiger partial charge in [-0.25, -0.2) is 0 Å². The largest absolute Gasteiger partial charge is 0.378 e. The Hall–Kier alpha value is -0.450. The van der Waals surface area contributed by atoms with E-state index in [2.05, 4.69) is 16.7 Å². The number of rotatable bonds is 2. The first-order valence-electron chi connectivity index (χ1n) is 5.14. The van der Waals surface area contributed by atoms with Crippen LogP contribution in [0, 0.1) is 6.92 Å². The average molecular weight is 197 g/mol. The molecular formula is C10H17N2O2. The molecule has 0 aromatic carbocycles. The van der Waals surface area contributed by atoms with Crippen LogP contribution in [-0.2, 0) is 9.53 Å². The highest BCUT2D eigenvalue weighted by atomic mass is 16.5. The second-order valence-corrected chi connectivity index (χ2v) is 4.04. The van der Waals surface area contributed by atoms with Gasteiger partial charge in [-0.2, -0.15) is 0 Å². The number of Topliss-reactive ketones (excluding diaryl/α,β-unsaturated/α-hetero) is 1. The van der Waals surface area contributed by atoms with Gasteiger partial charge in [0.15, 0.2) is 0 Å². The predicted molar refractivity (Wildman–Crippen MR) is 53.0 cm³/mol. The molecule has 0 bridgehead atoms. The van der Waals surface area contributed by atoms with Crippen molar-refractivity contribution in [2.24, 2.45) is 0 Å². The van der Waals surface area contributed by atoms with E-state index in [-0.39, 0.29) is 5.78 Å². The van der Waals surface area contributed by atoms with Gasteiger partial charge in [0.25, 0.3) is 0 Å². The summed E-state index contributed by atoms with van der Waals surface area (Å²) in [5, 5.41) is 0. The van der Waals surface area contributed by atoms with E-state index in [4.69, 9.17) is 4.74 Å². The number of fused-ring (bicyclic) bond motifs is 1. The summed E-state index contributed by atoms with van der Waals surface area (Å²) in [4.78, 5) is 15.5. The van der Waals surface area contributed by atoms with Crippen molar-refractivity contribution in [1.29, 1.82) is 0 Å². The molecule has 14 heavy (non-hydrogen) atoms. The van der Waals surface area contributed by atoms with Crippen molar-refractivity contribution in [2.45, 2.75) is 6.04 Å². The van der Waals surface area contributed by atoms with Crippen molar-refractivity contribution in [1.82, 2.24) is 9.80 Å². The monoisotopic (exact) mass is 197 g/mol. The molecule has 2 fully saturated rings. The van der Waals surface area contributed by atoms with Crippen molar-refractivity contribution in [3.05, 3.63) is 6.92 Å². The van der Waals surface area contributed by atoms with Crippen LogP contribution in [0.4, 0.5) is 0 Å². The third-order valence-electron chi connectivity index (χ3n) is 2.92. The fourth-order valence-electron chi connectivity index (χ4n) is 2.20. The van der Waals surface area contributed by atoms with Gasteiger partial charge in [-0.15, -0.1) is 0 Å². The summed E-state index contributed by atoms with van der Waals surface area (Å²) in [6.07, 6.45) is 0. The first-order valence-corrected chi connectivity index (χ1v) is 5.14. The van der Waals surface area contributed by atoms with Gasteiger partial charge in [0.05, 0.1) is 19.8 Å². The molecular weight excluding hydrogens is 180 g/mol. The van der Waals surface area contributed by atoms with Crippen molar-refractivity contribution >= 4 is 5.78 Å². The Balaban J connectivity index is 1.86. The molecule has 0 spiro atoms. The lowest BCUT2D eigenvalue weighted by atomic mass is 10.1. The number of carbonyl (C=O) groups is 1. The van der Waals surface area contributed by atoms with Crippen molar-refractivity contribution in [3.63, 3.8) is 0 Å². The molecule has 1 atom stereocenters. The molecule has 4 nitrogen and oxygen atoms in total. The molecule has 4 heteroatoms. The maximum atomic E-state index is 10.9. The van der Waals surface area contributed by atoms with Gasteiger partial charge in [0.2, 0.25) is 0 Å². The van der Waals surface area contributed by atoms with Gasteiger partial charge < -0.3 is 4.74 Å². The van der Waals surface area contributed by atoms with Crippen molar-refractivity contribution in [2.75, 3.05) is 45.9 Å². The summed E-state index contributed by atoms with van der Waals surface area (Å²) in [6.45, 7) is 9.59. The van der Waals surface area contributed by atoms with Crippen LogP contribution in [0.5, 0.6) is 0 Å². The molecule has 1 unspecified atom stereocenters. The maximum absolute atomic E-state index is 10.9. The fourth-order valence-corrected chi connectivity index (χ4v) is 2.20. The fraction of sp³-hybridized carbons (Fsp3) is 0.800. The number of hydrogen-bond donors (Lipinski definition) is 0. The highest BCUT2D eigenvalue weighted by molar-refractivity contribution is 5.84. The molecule has 0 aliphatic carbocycles. The zero-order chi connectivity index (χ0) is 9.97. The number of piperazine rings is 1. The summed E-state index contributed by atoms with van der Waals surface area (Å²) < 4.78 is 5.42. The Morgan fingerprint density at radius 1 is 1.43 bits per heavy atom. The topological polar surface area (TPSA) is 32.8 Å². The van der Waals surface area contributed by atoms with Crippen molar-refractivity contribution in [3.8, 4) is 0 Å². The quantitative estimate of drug-likeness (QED) is 0.592. The van der Waals surface area contributed by atoms with Gasteiger partial charge >= 0.3 is 0 Å². The molecule has 0 saturated carbocycles. The van der Waals surface area contributed by atoms with Gasteiger partial charge in [-0.3, -0.25) is 14.6 Å². The van der Waals surface area contributed by atoms with Crippen LogP contribution >= 0.6 is 0 Å². The Morgan fingerprint density at radius 2 is 2.29 bits per heavy atom. The summed E-state index contributed by atoms with van der Waals surface area (Å²) in [7, 11) is 0. The number of ketones is 1. The van der Waals surface area contributed by atoms with Crippen LogP contribution in [0.15, 0.2) is 0 Å². The number of ether oxygens (including phenoxy) is 1. The number of carbonyl (C=O) groups excluding carboxylic acids is 1. The van der Waals surface area contributed by atoms with E-state index in [1.54, 1.807) is 0 Å². The predicted octanol–water partition coefficient (Wildman–Crippen LogP) is -0.594. The SMILES string of the molecule is [CH2]C(=O)CN1CCN2CCOCC2C1. The van der Waals surface area contributed by atoms with E-state index in [1.165, 1.54) is 0 Å². The third-order valence-corrected chi connectivity index (χ3v) is 2.92. The van der Waals surface area contributed by atoms with E-state index >= 15 is 0 Å².